The van der Waals surface area contributed by atoms with Crippen LogP contribution >= 0.6 is 0 Å². The molecule has 0 N–H and O–H groups in total. The summed E-state index contributed by atoms with van der Waals surface area (Å²) in [6.07, 6.45) is 2.95. The highest BCUT2D eigenvalue weighted by atomic mass is 16.6. The quantitative estimate of drug-likeness (QED) is 0.406. The van der Waals surface area contributed by atoms with Gasteiger partial charge in [0.2, 0.25) is 0 Å². The van der Waals surface area contributed by atoms with E-state index in [9.17, 15) is 9.59 Å². The van der Waals surface area contributed by atoms with Crippen LogP contribution in [0.3, 0.4) is 0 Å². The standard InChI is InChI=1S/C21H20O5/c1-16(2)21(23)25-15-14-24-20(22)13-10-17-8-11-19(12-9-17)26-18-6-4-3-5-7-18/h3-13H,1,14-15H2,2H3/b13-10+. The van der Waals surface area contributed by atoms with Crippen molar-refractivity contribution in [3.05, 3.63) is 78.4 Å². The highest BCUT2D eigenvalue weighted by Gasteiger charge is 2.03. The fraction of sp³-hybridized carbons (Fsp3) is 0.143. The van der Waals surface area contributed by atoms with Crippen molar-refractivity contribution in [2.24, 2.45) is 0 Å². The molecule has 0 aromatic heterocycles. The third kappa shape index (κ3) is 6.65. The molecule has 0 aliphatic carbocycles. The molecule has 0 spiro atoms. The average Bonchev–Trinajstić information content (AvgIpc) is 2.65. The van der Waals surface area contributed by atoms with Crippen molar-refractivity contribution >= 4 is 18.0 Å². The van der Waals surface area contributed by atoms with E-state index in [2.05, 4.69) is 6.58 Å². The highest BCUT2D eigenvalue weighted by Crippen LogP contribution is 2.21. The number of carbonyl (C=O) groups is 2. The van der Waals surface area contributed by atoms with Gasteiger partial charge in [-0.05, 0) is 42.8 Å². The topological polar surface area (TPSA) is 61.8 Å². The molecule has 5 heteroatoms. The molecule has 0 radical (unpaired) electrons. The number of hydrogen-bond acceptors (Lipinski definition) is 5. The summed E-state index contributed by atoms with van der Waals surface area (Å²) >= 11 is 0. The maximum Gasteiger partial charge on any atom is 0.333 e. The molecule has 0 atom stereocenters. The zero-order valence-corrected chi connectivity index (χ0v) is 14.5. The summed E-state index contributed by atoms with van der Waals surface area (Å²) in [4.78, 5) is 22.8. The molecule has 5 nitrogen and oxygen atoms in total. The normalized spacial score (nSPS) is 10.3. The van der Waals surface area contributed by atoms with E-state index in [1.807, 2.05) is 54.6 Å². The lowest BCUT2D eigenvalue weighted by Gasteiger charge is -2.05. The summed E-state index contributed by atoms with van der Waals surface area (Å²) in [5.41, 5.74) is 1.13. The van der Waals surface area contributed by atoms with Crippen LogP contribution in [0.2, 0.25) is 0 Å². The molecule has 0 bridgehead atoms. The molecule has 0 aliphatic heterocycles. The summed E-state index contributed by atoms with van der Waals surface area (Å²) in [6.45, 7) is 5.00. The molecule has 134 valence electrons. The van der Waals surface area contributed by atoms with Crippen LogP contribution in [-0.4, -0.2) is 25.2 Å². The fourth-order valence-corrected chi connectivity index (χ4v) is 1.88. The van der Waals surface area contributed by atoms with Gasteiger partial charge in [0.05, 0.1) is 0 Å². The van der Waals surface area contributed by atoms with Crippen molar-refractivity contribution in [3.63, 3.8) is 0 Å². The van der Waals surface area contributed by atoms with E-state index < -0.39 is 11.9 Å². The Bertz CT molecular complexity index is 776. The molecule has 2 rings (SSSR count). The first-order valence-corrected chi connectivity index (χ1v) is 8.05. The van der Waals surface area contributed by atoms with Crippen molar-refractivity contribution in [1.82, 2.24) is 0 Å². The van der Waals surface area contributed by atoms with Gasteiger partial charge < -0.3 is 14.2 Å². The Labute approximate surface area is 152 Å². The first-order chi connectivity index (χ1) is 12.5. The summed E-state index contributed by atoms with van der Waals surface area (Å²) in [6, 6.07) is 16.8. The predicted octanol–water partition coefficient (Wildman–Crippen LogP) is 4.15. The van der Waals surface area contributed by atoms with E-state index in [4.69, 9.17) is 14.2 Å². The molecule has 0 aliphatic rings. The van der Waals surface area contributed by atoms with Gasteiger partial charge in [-0.3, -0.25) is 0 Å². The van der Waals surface area contributed by atoms with Crippen LogP contribution in [0, 0.1) is 0 Å². The van der Waals surface area contributed by atoms with E-state index in [0.29, 0.717) is 11.3 Å². The summed E-state index contributed by atoms with van der Waals surface area (Å²) in [5, 5.41) is 0. The van der Waals surface area contributed by atoms with E-state index in [0.717, 1.165) is 11.3 Å². The van der Waals surface area contributed by atoms with Gasteiger partial charge >= 0.3 is 11.9 Å². The molecule has 2 aromatic rings. The second-order valence-electron chi connectivity index (χ2n) is 5.40. The molecule has 0 saturated carbocycles. The van der Waals surface area contributed by atoms with Crippen LogP contribution in [0.4, 0.5) is 0 Å². The summed E-state index contributed by atoms with van der Waals surface area (Å²) < 4.78 is 15.5. The van der Waals surface area contributed by atoms with Gasteiger partial charge in [-0.1, -0.05) is 36.9 Å². The van der Waals surface area contributed by atoms with Gasteiger partial charge in [-0.2, -0.15) is 0 Å². The van der Waals surface area contributed by atoms with Gasteiger partial charge in [0, 0.05) is 11.6 Å². The number of esters is 2. The second kappa shape index (κ2) is 9.84. The number of carbonyl (C=O) groups excluding carboxylic acids is 2. The number of hydrogen-bond donors (Lipinski definition) is 0. The maximum absolute atomic E-state index is 11.6. The predicted molar refractivity (Wildman–Crippen MR) is 98.7 cm³/mol. The number of benzene rings is 2. The van der Waals surface area contributed by atoms with E-state index in [1.165, 1.54) is 6.08 Å². The van der Waals surface area contributed by atoms with Gasteiger partial charge in [0.25, 0.3) is 0 Å². The Balaban J connectivity index is 1.76. The van der Waals surface area contributed by atoms with Crippen LogP contribution in [0.1, 0.15) is 12.5 Å². The van der Waals surface area contributed by atoms with Crippen LogP contribution in [0.25, 0.3) is 6.08 Å². The Morgan fingerprint density at radius 1 is 0.923 bits per heavy atom. The minimum atomic E-state index is -0.513. The summed E-state index contributed by atoms with van der Waals surface area (Å²) in [7, 11) is 0. The molecule has 0 unspecified atom stereocenters. The van der Waals surface area contributed by atoms with E-state index in [1.54, 1.807) is 13.0 Å². The molecular formula is C21H20O5. The monoisotopic (exact) mass is 352 g/mol. The molecule has 0 fully saturated rings. The molecule has 2 aromatic carbocycles. The highest BCUT2D eigenvalue weighted by molar-refractivity contribution is 5.87. The molecule has 0 saturated heterocycles. The molecule has 0 amide bonds. The van der Waals surface area contributed by atoms with Crippen molar-refractivity contribution in [1.29, 1.82) is 0 Å². The van der Waals surface area contributed by atoms with Crippen molar-refractivity contribution < 1.29 is 23.8 Å². The lowest BCUT2D eigenvalue weighted by Crippen LogP contribution is -2.12. The van der Waals surface area contributed by atoms with Crippen LogP contribution in [0.15, 0.2) is 72.8 Å². The zero-order chi connectivity index (χ0) is 18.8. The molecular weight excluding hydrogens is 332 g/mol. The molecule has 26 heavy (non-hydrogen) atoms. The Kier molecular flexibility index (Phi) is 7.18. The van der Waals surface area contributed by atoms with Crippen molar-refractivity contribution in [3.8, 4) is 11.5 Å². The van der Waals surface area contributed by atoms with Crippen molar-refractivity contribution in [2.45, 2.75) is 6.92 Å². The van der Waals surface area contributed by atoms with E-state index in [-0.39, 0.29) is 13.2 Å². The Hall–Kier alpha value is -3.34. The first-order valence-electron chi connectivity index (χ1n) is 8.05. The number of para-hydroxylation sites is 1. The average molecular weight is 352 g/mol. The fourth-order valence-electron chi connectivity index (χ4n) is 1.88. The largest absolute Gasteiger partial charge is 0.459 e. The Morgan fingerprint density at radius 3 is 2.19 bits per heavy atom. The third-order valence-corrected chi connectivity index (χ3v) is 3.18. The van der Waals surface area contributed by atoms with Crippen LogP contribution < -0.4 is 4.74 Å². The van der Waals surface area contributed by atoms with Crippen LogP contribution in [-0.2, 0) is 19.1 Å². The maximum atomic E-state index is 11.6. The van der Waals surface area contributed by atoms with Gasteiger partial charge in [0.15, 0.2) is 0 Å². The molecule has 0 heterocycles. The Morgan fingerprint density at radius 2 is 1.54 bits per heavy atom. The number of ether oxygens (including phenoxy) is 3. The van der Waals surface area contributed by atoms with Gasteiger partial charge in [-0.25, -0.2) is 9.59 Å². The van der Waals surface area contributed by atoms with Gasteiger partial charge in [-0.15, -0.1) is 0 Å². The zero-order valence-electron chi connectivity index (χ0n) is 14.5. The third-order valence-electron chi connectivity index (χ3n) is 3.18. The second-order valence-corrected chi connectivity index (χ2v) is 5.40. The van der Waals surface area contributed by atoms with Crippen LogP contribution in [0.5, 0.6) is 11.5 Å². The first kappa shape index (κ1) is 19.0. The minimum Gasteiger partial charge on any atom is -0.459 e. The SMILES string of the molecule is C=C(C)C(=O)OCCOC(=O)/C=C/c1ccc(Oc2ccccc2)cc1. The number of rotatable bonds is 8. The summed E-state index contributed by atoms with van der Waals surface area (Å²) in [5.74, 6) is 0.442. The minimum absolute atomic E-state index is 0.00318. The lowest BCUT2D eigenvalue weighted by atomic mass is 10.2. The van der Waals surface area contributed by atoms with Gasteiger partial charge in [0.1, 0.15) is 24.7 Å². The van der Waals surface area contributed by atoms with Crippen molar-refractivity contribution in [2.75, 3.05) is 13.2 Å². The lowest BCUT2D eigenvalue weighted by molar-refractivity contribution is -0.146. The smallest absolute Gasteiger partial charge is 0.333 e. The van der Waals surface area contributed by atoms with E-state index >= 15 is 0 Å².